The van der Waals surface area contributed by atoms with Gasteiger partial charge in [0.15, 0.2) is 11.4 Å². The number of nitriles is 2. The summed E-state index contributed by atoms with van der Waals surface area (Å²) in [5.41, 5.74) is 5.60. The number of carbonyl (C=O) groups excluding carboxylic acids is 1. The Morgan fingerprint density at radius 3 is 1.89 bits per heavy atom. The first-order valence-corrected chi connectivity index (χ1v) is 21.5. The number of aromatic nitrogens is 4. The fraction of sp³-hybridized carbons (Fsp3) is 0.294. The normalized spacial score (nSPS) is 15.5. The van der Waals surface area contributed by atoms with Crippen LogP contribution in [0.25, 0.3) is 0 Å². The molecule has 1 aromatic heterocycles. The van der Waals surface area contributed by atoms with Crippen molar-refractivity contribution in [2.45, 2.75) is 63.7 Å². The van der Waals surface area contributed by atoms with E-state index in [1.807, 2.05) is 66.7 Å². The van der Waals surface area contributed by atoms with Gasteiger partial charge in [-0.1, -0.05) is 151 Å². The average Bonchev–Trinajstić information content (AvgIpc) is 4.03. The molecule has 1 atom stereocenters. The van der Waals surface area contributed by atoms with E-state index in [1.54, 1.807) is 4.80 Å². The number of nitrogens with one attached hydrogen (secondary N) is 2. The maximum Gasteiger partial charge on any atom is 0.251 e. The van der Waals surface area contributed by atoms with E-state index >= 15 is 4.79 Å². The number of tetrazole rings is 1. The number of rotatable bonds is 14. The number of likely N-dealkylation sites (tertiary alicyclic amines) is 1. The third kappa shape index (κ3) is 8.44. The van der Waals surface area contributed by atoms with Gasteiger partial charge in [-0.15, -0.1) is 15.0 Å². The van der Waals surface area contributed by atoms with Gasteiger partial charge in [-0.25, -0.2) is 0 Å². The van der Waals surface area contributed by atoms with Crippen molar-refractivity contribution < 1.29 is 4.79 Å². The molecular weight excluding hydrogens is 769 g/mol. The third-order valence-electron chi connectivity index (χ3n) is 12.3. The van der Waals surface area contributed by atoms with Gasteiger partial charge in [-0.2, -0.15) is 10.5 Å². The van der Waals surface area contributed by atoms with Crippen molar-refractivity contribution in [3.8, 4) is 12.1 Å². The number of carbonyl (C=O) groups is 1. The molecule has 312 valence electrons. The highest BCUT2D eigenvalue weighted by molar-refractivity contribution is 5.98. The van der Waals surface area contributed by atoms with Crippen LogP contribution in [0.4, 0.5) is 0 Å². The molecule has 62 heavy (non-hydrogen) atoms. The summed E-state index contributed by atoms with van der Waals surface area (Å²) >= 11 is 0. The van der Waals surface area contributed by atoms with Gasteiger partial charge in [0, 0.05) is 26.3 Å². The van der Waals surface area contributed by atoms with Crippen LogP contribution in [-0.4, -0.2) is 68.8 Å². The Morgan fingerprint density at radius 2 is 1.32 bits per heavy atom. The molecule has 5 aromatic carbocycles. The van der Waals surface area contributed by atoms with E-state index in [-0.39, 0.29) is 23.5 Å². The van der Waals surface area contributed by atoms with Crippen molar-refractivity contribution in [2.24, 2.45) is 0 Å². The number of piperidine rings is 1. The topological polar surface area (TPSA) is 139 Å². The number of hydrogen-bond acceptors (Lipinski definition) is 9. The van der Waals surface area contributed by atoms with Gasteiger partial charge >= 0.3 is 0 Å². The predicted octanol–water partition coefficient (Wildman–Crippen LogP) is 7.08. The van der Waals surface area contributed by atoms with E-state index in [0.717, 1.165) is 64.1 Å². The Hall–Kier alpha value is -6.76. The second-order valence-corrected chi connectivity index (χ2v) is 16.5. The maximum atomic E-state index is 15.2. The molecule has 2 aliphatic rings. The zero-order chi connectivity index (χ0) is 42.9. The van der Waals surface area contributed by atoms with Gasteiger partial charge in [0.2, 0.25) is 0 Å². The lowest BCUT2D eigenvalue weighted by Crippen LogP contribution is -2.52. The zero-order valence-corrected chi connectivity index (χ0v) is 35.5. The molecule has 3 heterocycles. The van der Waals surface area contributed by atoms with Crippen LogP contribution in [0, 0.1) is 36.5 Å². The minimum atomic E-state index is -1.21. The zero-order valence-electron chi connectivity index (χ0n) is 35.5. The number of aryl methyl sites for hydroxylation is 2. The van der Waals surface area contributed by atoms with Crippen molar-refractivity contribution >= 4 is 5.91 Å². The van der Waals surface area contributed by atoms with E-state index in [0.29, 0.717) is 26.2 Å². The van der Waals surface area contributed by atoms with Crippen LogP contribution in [0.3, 0.4) is 0 Å². The number of benzene rings is 5. The highest BCUT2D eigenvalue weighted by atomic mass is 16.1. The summed E-state index contributed by atoms with van der Waals surface area (Å²) < 4.78 is 0. The smallest absolute Gasteiger partial charge is 0.251 e. The first-order valence-electron chi connectivity index (χ1n) is 21.5. The molecular formula is C51H52N10O. The summed E-state index contributed by atoms with van der Waals surface area (Å²) in [7, 11) is 0. The van der Waals surface area contributed by atoms with Crippen LogP contribution in [0.2, 0.25) is 0 Å². The molecule has 0 saturated carbocycles. The summed E-state index contributed by atoms with van der Waals surface area (Å²) in [5, 5.41) is 42.2. The minimum absolute atomic E-state index is 0.0973. The van der Waals surface area contributed by atoms with Crippen molar-refractivity contribution in [3.05, 3.63) is 195 Å². The van der Waals surface area contributed by atoms with Gasteiger partial charge in [0.25, 0.3) is 5.91 Å². The number of hydrogen-bond donors (Lipinski definition) is 2. The van der Waals surface area contributed by atoms with Crippen LogP contribution >= 0.6 is 0 Å². The molecule has 11 heteroatoms. The van der Waals surface area contributed by atoms with E-state index in [2.05, 4.69) is 123 Å². The van der Waals surface area contributed by atoms with Crippen LogP contribution in [0.15, 0.2) is 145 Å². The quantitative estimate of drug-likeness (QED) is 0.0671. The van der Waals surface area contributed by atoms with Gasteiger partial charge in [-0.05, 0) is 84.8 Å². The minimum Gasteiger partial charge on any atom is -0.345 e. The lowest BCUT2D eigenvalue weighted by atomic mass is 9.73. The Labute approximate surface area is 364 Å². The van der Waals surface area contributed by atoms with Gasteiger partial charge in [0.05, 0.1) is 17.7 Å². The van der Waals surface area contributed by atoms with Gasteiger partial charge < -0.3 is 10.6 Å². The highest BCUT2D eigenvalue weighted by Gasteiger charge is 2.48. The molecule has 2 saturated heterocycles. The van der Waals surface area contributed by atoms with Crippen molar-refractivity contribution in [3.63, 3.8) is 0 Å². The molecule has 8 rings (SSSR count). The SMILES string of the molecule is Cc1cc(C)cc(CC(C(C(=O)NCc2nnn(C(c3ccccc3)(c3ccccc3)c3ccccc3)n2)=C(C#N)C#N)(c2cccc(CN3CCCCC3)c2)N2CCNC2)c1. The average molecular weight is 821 g/mol. The van der Waals surface area contributed by atoms with Gasteiger partial charge in [-0.3, -0.25) is 14.6 Å². The number of nitrogens with zero attached hydrogens (tertiary/aromatic N) is 8. The lowest BCUT2D eigenvalue weighted by Gasteiger charge is -2.44. The second-order valence-electron chi connectivity index (χ2n) is 16.5. The first kappa shape index (κ1) is 42.0. The molecule has 0 aliphatic carbocycles. The molecule has 0 spiro atoms. The Bertz CT molecular complexity index is 2470. The molecule has 1 unspecified atom stereocenters. The number of allylic oxidation sites excluding steroid dienone is 1. The first-order chi connectivity index (χ1) is 30.3. The van der Waals surface area contributed by atoms with E-state index in [4.69, 9.17) is 5.10 Å². The summed E-state index contributed by atoms with van der Waals surface area (Å²) in [4.78, 5) is 21.6. The van der Waals surface area contributed by atoms with Crippen molar-refractivity contribution in [2.75, 3.05) is 32.8 Å². The van der Waals surface area contributed by atoms with Crippen LogP contribution < -0.4 is 10.6 Å². The molecule has 2 aliphatic heterocycles. The lowest BCUT2D eigenvalue weighted by molar-refractivity contribution is -0.119. The summed E-state index contributed by atoms with van der Waals surface area (Å²) in [6.45, 7) is 8.62. The Balaban J connectivity index is 1.23. The Kier molecular flexibility index (Phi) is 12.8. The van der Waals surface area contributed by atoms with Gasteiger partial charge in [0.1, 0.15) is 17.7 Å². The standard InChI is InChI=1S/C51H52N10O/c1-38-28-39(2)30-41(29-38)32-50(60-27-24-54-37-60,46-23-15-16-40(31-46)36-59-25-13-6-14-26-59)48(42(33-52)34-53)49(62)55-35-47-56-58-61(57-47)51(43-17-7-3-8-18-43,44-19-9-4-10-20-44)45-21-11-5-12-22-45/h3-5,7-12,15-23,28-31,54H,6,13-14,24-27,32,35-37H2,1-2H3,(H,55,62). The molecule has 11 nitrogen and oxygen atoms in total. The fourth-order valence-corrected chi connectivity index (χ4v) is 9.62. The summed E-state index contributed by atoms with van der Waals surface area (Å²) in [6.07, 6.45) is 3.93. The van der Waals surface area contributed by atoms with E-state index in [1.165, 1.54) is 19.3 Å². The molecule has 0 bridgehead atoms. The van der Waals surface area contributed by atoms with E-state index < -0.39 is 17.0 Å². The van der Waals surface area contributed by atoms with Crippen molar-refractivity contribution in [1.29, 1.82) is 10.5 Å². The Morgan fingerprint density at radius 1 is 0.726 bits per heavy atom. The fourth-order valence-electron chi connectivity index (χ4n) is 9.62. The van der Waals surface area contributed by atoms with Crippen LogP contribution in [0.5, 0.6) is 0 Å². The summed E-state index contributed by atoms with van der Waals surface area (Å²) in [5.74, 6) is -0.274. The van der Waals surface area contributed by atoms with E-state index in [9.17, 15) is 10.5 Å². The van der Waals surface area contributed by atoms with Crippen LogP contribution in [-0.2, 0) is 35.4 Å². The van der Waals surface area contributed by atoms with Crippen molar-refractivity contribution in [1.82, 2.24) is 40.6 Å². The molecule has 6 aromatic rings. The molecule has 0 radical (unpaired) electrons. The second kappa shape index (κ2) is 18.9. The summed E-state index contributed by atoms with van der Waals surface area (Å²) in [6, 6.07) is 49.3. The molecule has 2 N–H and O–H groups in total. The highest BCUT2D eigenvalue weighted by Crippen LogP contribution is 2.43. The third-order valence-corrected chi connectivity index (χ3v) is 12.3. The largest absolute Gasteiger partial charge is 0.345 e. The number of amides is 1. The van der Waals surface area contributed by atoms with Crippen LogP contribution in [0.1, 0.15) is 69.6 Å². The molecule has 1 amide bonds. The molecule has 2 fully saturated rings. The predicted molar refractivity (Wildman–Crippen MR) is 239 cm³/mol. The monoisotopic (exact) mass is 820 g/mol. The maximum absolute atomic E-state index is 15.2.